The van der Waals surface area contributed by atoms with Crippen LogP contribution in [0.1, 0.15) is 24.2 Å². The number of nitrogens with zero attached hydrogens (tertiary/aromatic N) is 4. The monoisotopic (exact) mass is 547 g/mol. The number of hydrogen-bond donors (Lipinski definition) is 2. The van der Waals surface area contributed by atoms with E-state index in [0.29, 0.717) is 16.9 Å². The smallest absolute Gasteiger partial charge is 0.405 e. The number of benzene rings is 1. The topological polar surface area (TPSA) is 112 Å². The van der Waals surface area contributed by atoms with E-state index in [4.69, 9.17) is 14.2 Å². The van der Waals surface area contributed by atoms with Gasteiger partial charge in [-0.1, -0.05) is 0 Å². The van der Waals surface area contributed by atoms with Crippen molar-refractivity contribution in [2.24, 2.45) is 0 Å². The number of aliphatic hydroxyl groups excluding tert-OH is 1. The third-order valence-corrected chi connectivity index (χ3v) is 5.73. The third kappa shape index (κ3) is 6.49. The van der Waals surface area contributed by atoms with E-state index >= 15 is 0 Å². The molecule has 0 aliphatic rings. The van der Waals surface area contributed by atoms with Crippen LogP contribution < -0.4 is 14.8 Å². The van der Waals surface area contributed by atoms with Crippen LogP contribution in [-0.4, -0.2) is 69.5 Å². The fourth-order valence-corrected chi connectivity index (χ4v) is 4.06. The lowest BCUT2D eigenvalue weighted by atomic mass is 10.1. The molecule has 0 aliphatic heterocycles. The molecule has 0 saturated heterocycles. The van der Waals surface area contributed by atoms with Gasteiger partial charge in [0.1, 0.15) is 29.3 Å². The highest BCUT2D eigenvalue weighted by Gasteiger charge is 2.30. The molecule has 4 rings (SSSR count). The molecule has 4 aromatic rings. The molecule has 13 heteroatoms. The quantitative estimate of drug-likeness (QED) is 0.290. The summed E-state index contributed by atoms with van der Waals surface area (Å²) in [6.45, 7) is 2.37. The molecule has 1 amide bonds. The SMILES string of the molecule is COc1cc(-c2cnc3cc(-c4cnn(CC(O)OC(C)C)c4)ccn23)cc(OC)c1C(=O)NCC(F)(F)F. The second-order valence-corrected chi connectivity index (χ2v) is 8.93. The fourth-order valence-electron chi connectivity index (χ4n) is 4.06. The number of imidazole rings is 1. The Balaban J connectivity index is 1.62. The summed E-state index contributed by atoms with van der Waals surface area (Å²) in [4.78, 5) is 17.0. The summed E-state index contributed by atoms with van der Waals surface area (Å²) in [5.41, 5.74) is 3.34. The first-order valence-corrected chi connectivity index (χ1v) is 11.9. The summed E-state index contributed by atoms with van der Waals surface area (Å²) in [5.74, 6) is -0.877. The number of ether oxygens (including phenoxy) is 3. The van der Waals surface area contributed by atoms with Gasteiger partial charge in [0.15, 0.2) is 6.29 Å². The Morgan fingerprint density at radius 2 is 1.77 bits per heavy atom. The summed E-state index contributed by atoms with van der Waals surface area (Å²) in [6.07, 6.45) is 1.25. The van der Waals surface area contributed by atoms with Gasteiger partial charge < -0.3 is 24.6 Å². The number of rotatable bonds is 10. The summed E-state index contributed by atoms with van der Waals surface area (Å²) < 4.78 is 57.3. The number of amides is 1. The van der Waals surface area contributed by atoms with Crippen LogP contribution in [0.25, 0.3) is 28.0 Å². The highest BCUT2D eigenvalue weighted by atomic mass is 19.4. The Morgan fingerprint density at radius 3 is 2.38 bits per heavy atom. The highest BCUT2D eigenvalue weighted by Crippen LogP contribution is 2.36. The van der Waals surface area contributed by atoms with E-state index < -0.39 is 24.9 Å². The van der Waals surface area contributed by atoms with Gasteiger partial charge in [0.25, 0.3) is 5.91 Å². The molecule has 39 heavy (non-hydrogen) atoms. The zero-order valence-electron chi connectivity index (χ0n) is 21.7. The van der Waals surface area contributed by atoms with Gasteiger partial charge in [-0.2, -0.15) is 18.3 Å². The Labute approximate surface area is 221 Å². The molecule has 0 bridgehead atoms. The Hall–Kier alpha value is -4.10. The zero-order chi connectivity index (χ0) is 28.3. The lowest BCUT2D eigenvalue weighted by Crippen LogP contribution is -2.34. The van der Waals surface area contributed by atoms with Gasteiger partial charge in [-0.05, 0) is 43.7 Å². The first kappa shape index (κ1) is 27.9. The van der Waals surface area contributed by atoms with Crippen LogP contribution in [0.15, 0.2) is 49.1 Å². The van der Waals surface area contributed by atoms with Crippen molar-refractivity contribution in [2.45, 2.75) is 39.0 Å². The van der Waals surface area contributed by atoms with Crippen molar-refractivity contribution in [1.82, 2.24) is 24.5 Å². The molecule has 0 fully saturated rings. The van der Waals surface area contributed by atoms with Crippen molar-refractivity contribution < 1.29 is 37.3 Å². The van der Waals surface area contributed by atoms with Crippen LogP contribution in [0.2, 0.25) is 0 Å². The van der Waals surface area contributed by atoms with Crippen molar-refractivity contribution in [3.63, 3.8) is 0 Å². The van der Waals surface area contributed by atoms with E-state index in [-0.39, 0.29) is 29.7 Å². The van der Waals surface area contributed by atoms with Gasteiger partial charge in [-0.3, -0.25) is 13.9 Å². The number of aromatic nitrogens is 4. The molecule has 0 saturated carbocycles. The maximum absolute atomic E-state index is 12.6. The van der Waals surface area contributed by atoms with Gasteiger partial charge in [0.2, 0.25) is 0 Å². The predicted molar refractivity (Wildman–Crippen MR) is 136 cm³/mol. The van der Waals surface area contributed by atoms with Gasteiger partial charge >= 0.3 is 6.18 Å². The molecule has 10 nitrogen and oxygen atoms in total. The van der Waals surface area contributed by atoms with Crippen LogP contribution in [0, 0.1) is 0 Å². The van der Waals surface area contributed by atoms with Crippen LogP contribution in [-0.2, 0) is 11.3 Å². The molecular formula is C26H28F3N5O5. The van der Waals surface area contributed by atoms with E-state index in [9.17, 15) is 23.1 Å². The van der Waals surface area contributed by atoms with Crippen molar-refractivity contribution in [1.29, 1.82) is 0 Å². The van der Waals surface area contributed by atoms with Crippen molar-refractivity contribution in [3.05, 3.63) is 54.6 Å². The number of fused-ring (bicyclic) bond motifs is 1. The molecule has 1 aromatic carbocycles. The fraction of sp³-hybridized carbons (Fsp3) is 0.346. The molecule has 3 heterocycles. The average Bonchev–Trinajstić information content (AvgIpc) is 3.52. The minimum absolute atomic E-state index is 0.0478. The number of halogens is 3. The predicted octanol–water partition coefficient (Wildman–Crippen LogP) is 3.92. The van der Waals surface area contributed by atoms with Crippen molar-refractivity contribution in [3.8, 4) is 33.9 Å². The van der Waals surface area contributed by atoms with Gasteiger partial charge in [0.05, 0.1) is 45.0 Å². The van der Waals surface area contributed by atoms with Crippen LogP contribution in [0.5, 0.6) is 11.5 Å². The number of alkyl halides is 3. The molecular weight excluding hydrogens is 519 g/mol. The van der Waals surface area contributed by atoms with E-state index in [1.54, 1.807) is 23.3 Å². The molecule has 1 unspecified atom stereocenters. The molecule has 3 aromatic heterocycles. The average molecular weight is 548 g/mol. The van der Waals surface area contributed by atoms with E-state index in [1.165, 1.54) is 26.4 Å². The number of hydrogen-bond acceptors (Lipinski definition) is 7. The second kappa shape index (κ2) is 11.3. The van der Waals surface area contributed by atoms with E-state index in [1.807, 2.05) is 41.9 Å². The number of aliphatic hydroxyl groups is 1. The number of pyridine rings is 1. The minimum atomic E-state index is -4.56. The second-order valence-electron chi connectivity index (χ2n) is 8.93. The first-order valence-electron chi connectivity index (χ1n) is 11.9. The lowest BCUT2D eigenvalue weighted by Gasteiger charge is -2.16. The molecule has 208 valence electrons. The number of methoxy groups -OCH3 is 2. The van der Waals surface area contributed by atoms with Crippen LogP contribution in [0.4, 0.5) is 13.2 Å². The summed E-state index contributed by atoms with van der Waals surface area (Å²) in [6, 6.07) is 6.81. The van der Waals surface area contributed by atoms with Gasteiger partial charge in [0, 0.05) is 23.5 Å². The maximum atomic E-state index is 12.6. The summed E-state index contributed by atoms with van der Waals surface area (Å²) >= 11 is 0. The van der Waals surface area contributed by atoms with Crippen molar-refractivity contribution >= 4 is 11.6 Å². The standard InChI is InChI=1S/C26H28F3N5O5/c1-15(2)39-23(35)13-33-12-18(10-32-33)16-5-6-34-19(11-30-22(34)9-16)17-7-20(37-3)24(21(8-17)38-4)25(36)31-14-26(27,28)29/h5-12,15,23,35H,13-14H2,1-4H3,(H,31,36). The number of nitrogens with one attached hydrogen (secondary N) is 1. The Bertz CT molecular complexity index is 1440. The van der Waals surface area contributed by atoms with E-state index in [2.05, 4.69) is 10.1 Å². The summed E-state index contributed by atoms with van der Waals surface area (Å²) in [7, 11) is 2.63. The third-order valence-electron chi connectivity index (χ3n) is 5.73. The zero-order valence-corrected chi connectivity index (χ0v) is 21.7. The normalized spacial score (nSPS) is 12.6. The molecule has 2 N–H and O–H groups in total. The summed E-state index contributed by atoms with van der Waals surface area (Å²) in [5, 5.41) is 16.1. The maximum Gasteiger partial charge on any atom is 0.405 e. The molecule has 0 aliphatic carbocycles. The highest BCUT2D eigenvalue weighted by molar-refractivity contribution is 6.00. The van der Waals surface area contributed by atoms with Gasteiger partial charge in [-0.25, -0.2) is 4.98 Å². The molecule has 0 spiro atoms. The van der Waals surface area contributed by atoms with Crippen LogP contribution in [0.3, 0.4) is 0 Å². The minimum Gasteiger partial charge on any atom is -0.496 e. The first-order chi connectivity index (χ1) is 18.5. The van der Waals surface area contributed by atoms with Crippen molar-refractivity contribution in [2.75, 3.05) is 20.8 Å². The number of carbonyl (C=O) groups is 1. The van der Waals surface area contributed by atoms with Gasteiger partial charge in [-0.15, -0.1) is 0 Å². The largest absolute Gasteiger partial charge is 0.496 e. The van der Waals surface area contributed by atoms with E-state index in [0.717, 1.165) is 11.1 Å². The lowest BCUT2D eigenvalue weighted by molar-refractivity contribution is -0.134. The molecule has 1 atom stereocenters. The Kier molecular flexibility index (Phi) is 8.11. The number of carbonyl (C=O) groups excluding carboxylic acids is 1. The molecule has 0 radical (unpaired) electrons. The van der Waals surface area contributed by atoms with Crippen LogP contribution >= 0.6 is 0 Å². The Morgan fingerprint density at radius 1 is 1.08 bits per heavy atom.